The predicted molar refractivity (Wildman–Crippen MR) is 50.7 cm³/mol. The summed E-state index contributed by atoms with van der Waals surface area (Å²) in [4.78, 5) is 0. The Balaban J connectivity index is 2.12. The lowest BCUT2D eigenvalue weighted by Crippen LogP contribution is -2.19. The Hall–Kier alpha value is -1.02. The van der Waals surface area contributed by atoms with Crippen LogP contribution >= 0.6 is 0 Å². The van der Waals surface area contributed by atoms with Gasteiger partial charge in [-0.15, -0.1) is 0 Å². The first kappa shape index (κ1) is 7.39. The van der Waals surface area contributed by atoms with Gasteiger partial charge < -0.3 is 10.1 Å². The van der Waals surface area contributed by atoms with Crippen molar-refractivity contribution in [3.8, 4) is 5.75 Å². The average Bonchev–Trinajstić information content (AvgIpc) is 2.86. The lowest BCUT2D eigenvalue weighted by Gasteiger charge is -2.09. The van der Waals surface area contributed by atoms with Crippen molar-refractivity contribution in [2.75, 3.05) is 7.11 Å². The third-order valence-electron chi connectivity index (χ3n) is 3.20. The molecule has 1 spiro atoms. The first-order valence-electron chi connectivity index (χ1n) is 4.76. The summed E-state index contributed by atoms with van der Waals surface area (Å²) in [6.45, 7) is 1.03. The molecule has 1 aromatic rings. The summed E-state index contributed by atoms with van der Waals surface area (Å²) in [6, 6.07) is 6.40. The summed E-state index contributed by atoms with van der Waals surface area (Å²) in [5.74, 6) is 0.980. The summed E-state index contributed by atoms with van der Waals surface area (Å²) in [6.07, 6.45) is 2.57. The highest BCUT2D eigenvalue weighted by molar-refractivity contribution is 5.46. The van der Waals surface area contributed by atoms with Crippen LogP contribution in [0, 0.1) is 0 Å². The van der Waals surface area contributed by atoms with Crippen LogP contribution in [-0.2, 0) is 12.1 Å². The number of fused-ring (bicyclic) bond motifs is 2. The van der Waals surface area contributed by atoms with Crippen molar-refractivity contribution >= 4 is 0 Å². The van der Waals surface area contributed by atoms with Crippen molar-refractivity contribution in [3.63, 3.8) is 0 Å². The summed E-state index contributed by atoms with van der Waals surface area (Å²) in [7, 11) is 1.73. The Kier molecular flexibility index (Phi) is 1.29. The van der Waals surface area contributed by atoms with Gasteiger partial charge >= 0.3 is 0 Å². The number of nitrogens with one attached hydrogen (secondary N) is 1. The number of hydrogen-bond acceptors (Lipinski definition) is 2. The molecule has 3 rings (SSSR count). The molecule has 0 amide bonds. The number of rotatable bonds is 1. The van der Waals surface area contributed by atoms with Gasteiger partial charge in [-0.05, 0) is 36.1 Å². The highest BCUT2D eigenvalue weighted by Gasteiger charge is 2.48. The van der Waals surface area contributed by atoms with Crippen molar-refractivity contribution < 1.29 is 4.74 Å². The van der Waals surface area contributed by atoms with Crippen LogP contribution in [0.4, 0.5) is 0 Å². The monoisotopic (exact) mass is 175 g/mol. The molecule has 0 unspecified atom stereocenters. The van der Waals surface area contributed by atoms with E-state index >= 15 is 0 Å². The molecular formula is C11H13NO. The minimum Gasteiger partial charge on any atom is -0.497 e. The van der Waals surface area contributed by atoms with Crippen molar-refractivity contribution in [2.24, 2.45) is 0 Å². The number of benzene rings is 1. The van der Waals surface area contributed by atoms with Crippen LogP contribution in [0.5, 0.6) is 5.75 Å². The minimum atomic E-state index is 0.337. The normalized spacial score (nSPS) is 21.6. The van der Waals surface area contributed by atoms with Crippen molar-refractivity contribution in [2.45, 2.75) is 24.9 Å². The molecule has 1 aliphatic carbocycles. The van der Waals surface area contributed by atoms with E-state index in [1.54, 1.807) is 7.11 Å². The second-order valence-corrected chi connectivity index (χ2v) is 3.96. The molecule has 0 saturated heterocycles. The quantitative estimate of drug-likeness (QED) is 0.702. The Morgan fingerprint density at radius 2 is 2.23 bits per heavy atom. The molecule has 1 N–H and O–H groups in total. The molecule has 1 aromatic carbocycles. The maximum Gasteiger partial charge on any atom is 0.119 e. The third-order valence-corrected chi connectivity index (χ3v) is 3.20. The van der Waals surface area contributed by atoms with E-state index in [2.05, 4.69) is 17.4 Å². The Morgan fingerprint density at radius 1 is 1.38 bits per heavy atom. The standard InChI is InChI=1S/C11H13NO/c1-13-9-3-2-8-7-12-11(4-5-11)10(8)6-9/h2-3,6,12H,4-5,7H2,1H3. The molecule has 2 heteroatoms. The Morgan fingerprint density at radius 3 is 2.92 bits per heavy atom. The summed E-state index contributed by atoms with van der Waals surface area (Å²) < 4.78 is 5.23. The van der Waals surface area contributed by atoms with Crippen LogP contribution in [0.2, 0.25) is 0 Å². The first-order valence-corrected chi connectivity index (χ1v) is 4.76. The fourth-order valence-corrected chi connectivity index (χ4v) is 2.21. The molecule has 0 aromatic heterocycles. The maximum absolute atomic E-state index is 5.23. The van der Waals surface area contributed by atoms with E-state index < -0.39 is 0 Å². The van der Waals surface area contributed by atoms with Crippen molar-refractivity contribution in [1.29, 1.82) is 0 Å². The first-order chi connectivity index (χ1) is 6.34. The van der Waals surface area contributed by atoms with Gasteiger partial charge in [0, 0.05) is 12.1 Å². The molecule has 1 heterocycles. The zero-order valence-corrected chi connectivity index (χ0v) is 7.76. The van der Waals surface area contributed by atoms with Gasteiger partial charge in [-0.3, -0.25) is 0 Å². The Labute approximate surface area is 77.9 Å². The highest BCUT2D eigenvalue weighted by atomic mass is 16.5. The van der Waals surface area contributed by atoms with Gasteiger partial charge in [0.25, 0.3) is 0 Å². The van der Waals surface area contributed by atoms with Crippen LogP contribution in [0.1, 0.15) is 24.0 Å². The van der Waals surface area contributed by atoms with Crippen molar-refractivity contribution in [1.82, 2.24) is 5.32 Å². The molecule has 0 atom stereocenters. The van der Waals surface area contributed by atoms with E-state index in [4.69, 9.17) is 4.74 Å². The molecule has 13 heavy (non-hydrogen) atoms. The van der Waals surface area contributed by atoms with E-state index in [-0.39, 0.29) is 0 Å². The zero-order valence-electron chi connectivity index (χ0n) is 7.76. The largest absolute Gasteiger partial charge is 0.497 e. The second kappa shape index (κ2) is 2.26. The van der Waals surface area contributed by atoms with Crippen LogP contribution < -0.4 is 10.1 Å². The molecule has 1 saturated carbocycles. The van der Waals surface area contributed by atoms with Gasteiger partial charge in [0.15, 0.2) is 0 Å². The van der Waals surface area contributed by atoms with Crippen LogP contribution in [0.25, 0.3) is 0 Å². The average molecular weight is 175 g/mol. The molecule has 68 valence electrons. The van der Waals surface area contributed by atoms with Crippen LogP contribution in [0.15, 0.2) is 18.2 Å². The van der Waals surface area contributed by atoms with Gasteiger partial charge in [-0.2, -0.15) is 0 Å². The molecule has 1 fully saturated rings. The molecular weight excluding hydrogens is 162 g/mol. The second-order valence-electron chi connectivity index (χ2n) is 3.96. The van der Waals surface area contributed by atoms with Gasteiger partial charge in [-0.1, -0.05) is 6.07 Å². The highest BCUT2D eigenvalue weighted by Crippen LogP contribution is 2.50. The summed E-state index contributed by atoms with van der Waals surface area (Å²) >= 11 is 0. The maximum atomic E-state index is 5.23. The van der Waals surface area contributed by atoms with Crippen molar-refractivity contribution in [3.05, 3.63) is 29.3 Å². The SMILES string of the molecule is COc1ccc2c(c1)C1(CC1)NC2. The van der Waals surface area contributed by atoms with Crippen LogP contribution in [-0.4, -0.2) is 7.11 Å². The van der Waals surface area contributed by atoms with Crippen LogP contribution in [0.3, 0.4) is 0 Å². The van der Waals surface area contributed by atoms with E-state index in [9.17, 15) is 0 Å². The predicted octanol–water partition coefficient (Wildman–Crippen LogP) is 1.79. The van der Waals surface area contributed by atoms with Gasteiger partial charge in [-0.25, -0.2) is 0 Å². The topological polar surface area (TPSA) is 21.3 Å². The lowest BCUT2D eigenvalue weighted by atomic mass is 10.0. The minimum absolute atomic E-state index is 0.337. The third kappa shape index (κ3) is 0.923. The number of ether oxygens (including phenoxy) is 1. The van der Waals surface area contributed by atoms with Gasteiger partial charge in [0.1, 0.15) is 5.75 Å². The van der Waals surface area contributed by atoms with E-state index in [0.717, 1.165) is 12.3 Å². The Bertz CT molecular complexity index is 355. The zero-order chi connectivity index (χ0) is 8.89. The molecule has 1 aliphatic heterocycles. The lowest BCUT2D eigenvalue weighted by molar-refractivity contribution is 0.413. The summed E-state index contributed by atoms with van der Waals surface area (Å²) in [5.41, 5.74) is 3.24. The summed E-state index contributed by atoms with van der Waals surface area (Å²) in [5, 5.41) is 3.57. The molecule has 2 aliphatic rings. The van der Waals surface area contributed by atoms with Gasteiger partial charge in [0.05, 0.1) is 7.11 Å². The number of methoxy groups -OCH3 is 1. The fraction of sp³-hybridized carbons (Fsp3) is 0.455. The van der Waals surface area contributed by atoms with E-state index in [1.165, 1.54) is 24.0 Å². The van der Waals surface area contributed by atoms with Gasteiger partial charge in [0.2, 0.25) is 0 Å². The number of hydrogen-bond donors (Lipinski definition) is 1. The van der Waals surface area contributed by atoms with E-state index in [1.807, 2.05) is 6.07 Å². The smallest absolute Gasteiger partial charge is 0.119 e. The molecule has 2 nitrogen and oxygen atoms in total. The fourth-order valence-electron chi connectivity index (χ4n) is 2.21. The molecule has 0 radical (unpaired) electrons. The van der Waals surface area contributed by atoms with E-state index in [0.29, 0.717) is 5.54 Å². The molecule has 0 bridgehead atoms.